The molecule has 1 unspecified atom stereocenters. The Morgan fingerprint density at radius 3 is 2.45 bits per heavy atom. The molecule has 0 radical (unpaired) electrons. The zero-order valence-electron chi connectivity index (χ0n) is 12.3. The highest BCUT2D eigenvalue weighted by Gasteiger charge is 2.06. The number of hydrogen-bond donors (Lipinski definition) is 1. The molecule has 2 aromatic rings. The third-order valence-electron chi connectivity index (χ3n) is 3.45. The highest BCUT2D eigenvalue weighted by Crippen LogP contribution is 2.24. The second-order valence-corrected chi connectivity index (χ2v) is 4.96. The van der Waals surface area contributed by atoms with Crippen molar-refractivity contribution in [2.45, 2.75) is 26.2 Å². The Labute approximate surface area is 121 Å². The maximum absolute atomic E-state index is 5.62. The third-order valence-corrected chi connectivity index (χ3v) is 3.45. The lowest BCUT2D eigenvalue weighted by atomic mass is 9.98. The van der Waals surface area contributed by atoms with E-state index in [9.17, 15) is 0 Å². The fourth-order valence-corrected chi connectivity index (χ4v) is 2.27. The third kappa shape index (κ3) is 4.02. The maximum atomic E-state index is 5.62. The summed E-state index contributed by atoms with van der Waals surface area (Å²) in [6, 6.07) is 18.8. The van der Waals surface area contributed by atoms with Crippen LogP contribution < -0.4 is 10.1 Å². The second-order valence-electron chi connectivity index (χ2n) is 4.96. The monoisotopic (exact) mass is 269 g/mol. The molecular weight excluding hydrogens is 246 g/mol. The first-order chi connectivity index (χ1) is 9.81. The van der Waals surface area contributed by atoms with Gasteiger partial charge in [-0.25, -0.2) is 0 Å². The van der Waals surface area contributed by atoms with Crippen molar-refractivity contribution in [1.82, 2.24) is 0 Å². The van der Waals surface area contributed by atoms with Crippen molar-refractivity contribution in [3.05, 3.63) is 60.2 Å². The zero-order valence-corrected chi connectivity index (χ0v) is 12.3. The van der Waals surface area contributed by atoms with E-state index in [0.717, 1.165) is 24.4 Å². The first-order valence-corrected chi connectivity index (χ1v) is 7.32. The molecule has 0 fully saturated rings. The molecule has 2 aromatic carbocycles. The van der Waals surface area contributed by atoms with Crippen LogP contribution in [-0.2, 0) is 0 Å². The van der Waals surface area contributed by atoms with Crippen LogP contribution in [0.1, 0.15) is 31.7 Å². The number of nitrogens with one attached hydrogen (secondary N) is 1. The molecule has 0 bridgehead atoms. The summed E-state index contributed by atoms with van der Waals surface area (Å²) in [6.07, 6.45) is 1.10. The summed E-state index contributed by atoms with van der Waals surface area (Å²) in [5, 5.41) is 3.47. The van der Waals surface area contributed by atoms with Crippen LogP contribution in [0, 0.1) is 0 Å². The summed E-state index contributed by atoms with van der Waals surface area (Å²) >= 11 is 0. The lowest BCUT2D eigenvalue weighted by Crippen LogP contribution is -2.07. The van der Waals surface area contributed by atoms with Crippen molar-refractivity contribution < 1.29 is 4.74 Å². The largest absolute Gasteiger partial charge is 0.492 e. The van der Waals surface area contributed by atoms with Gasteiger partial charge in [0.25, 0.3) is 0 Å². The van der Waals surface area contributed by atoms with Gasteiger partial charge in [-0.05, 0) is 37.0 Å². The van der Waals surface area contributed by atoms with Crippen molar-refractivity contribution in [3.63, 3.8) is 0 Å². The van der Waals surface area contributed by atoms with E-state index in [-0.39, 0.29) is 0 Å². The smallest absolute Gasteiger partial charge is 0.142 e. The standard InChI is InChI=1S/C18H23NO/c1-3-20-18-12-8-7-11-17(18)19-14-13-15(2)16-9-5-4-6-10-16/h4-12,15,19H,3,13-14H2,1-2H3. The molecule has 0 aromatic heterocycles. The normalized spacial score (nSPS) is 11.9. The number of rotatable bonds is 7. The predicted octanol–water partition coefficient (Wildman–Crippen LogP) is 4.69. The Bertz CT molecular complexity index is 510. The second kappa shape index (κ2) is 7.59. The molecule has 2 heteroatoms. The Hall–Kier alpha value is -1.96. The van der Waals surface area contributed by atoms with Crippen molar-refractivity contribution in [1.29, 1.82) is 0 Å². The summed E-state index contributed by atoms with van der Waals surface area (Å²) in [4.78, 5) is 0. The van der Waals surface area contributed by atoms with Crippen molar-refractivity contribution in [2.75, 3.05) is 18.5 Å². The van der Waals surface area contributed by atoms with Crippen LogP contribution in [-0.4, -0.2) is 13.2 Å². The molecule has 0 spiro atoms. The van der Waals surface area contributed by atoms with E-state index >= 15 is 0 Å². The maximum Gasteiger partial charge on any atom is 0.142 e. The van der Waals surface area contributed by atoms with Crippen LogP contribution in [0.4, 0.5) is 5.69 Å². The Kier molecular flexibility index (Phi) is 5.48. The molecule has 0 saturated heterocycles. The average Bonchev–Trinajstić information content (AvgIpc) is 2.50. The highest BCUT2D eigenvalue weighted by molar-refractivity contribution is 5.56. The predicted molar refractivity (Wildman–Crippen MR) is 85.6 cm³/mol. The van der Waals surface area contributed by atoms with E-state index in [1.165, 1.54) is 5.56 Å². The first kappa shape index (κ1) is 14.4. The van der Waals surface area contributed by atoms with Crippen molar-refractivity contribution in [3.8, 4) is 5.75 Å². The van der Waals surface area contributed by atoms with Crippen LogP contribution >= 0.6 is 0 Å². The lowest BCUT2D eigenvalue weighted by Gasteiger charge is -2.15. The van der Waals surface area contributed by atoms with E-state index in [1.807, 2.05) is 25.1 Å². The summed E-state index contributed by atoms with van der Waals surface area (Å²) in [5.74, 6) is 1.49. The molecule has 0 aliphatic heterocycles. The molecule has 0 aliphatic carbocycles. The minimum absolute atomic E-state index is 0.558. The SMILES string of the molecule is CCOc1ccccc1NCCC(C)c1ccccc1. The Morgan fingerprint density at radius 1 is 1.00 bits per heavy atom. The molecule has 20 heavy (non-hydrogen) atoms. The number of ether oxygens (including phenoxy) is 1. The zero-order chi connectivity index (χ0) is 14.2. The number of hydrogen-bond acceptors (Lipinski definition) is 2. The average molecular weight is 269 g/mol. The van der Waals surface area contributed by atoms with E-state index in [4.69, 9.17) is 4.74 Å². The summed E-state index contributed by atoms with van der Waals surface area (Å²) in [5.41, 5.74) is 2.47. The van der Waals surface area contributed by atoms with Crippen LogP contribution in [0.3, 0.4) is 0 Å². The molecule has 1 N–H and O–H groups in total. The van der Waals surface area contributed by atoms with Crippen molar-refractivity contribution >= 4 is 5.69 Å². The topological polar surface area (TPSA) is 21.3 Å². The molecule has 2 rings (SSSR count). The highest BCUT2D eigenvalue weighted by atomic mass is 16.5. The molecule has 0 amide bonds. The van der Waals surface area contributed by atoms with Gasteiger partial charge in [0.05, 0.1) is 12.3 Å². The van der Waals surface area contributed by atoms with Crippen LogP contribution in [0.25, 0.3) is 0 Å². The molecule has 2 nitrogen and oxygen atoms in total. The number of anilines is 1. The van der Waals surface area contributed by atoms with Gasteiger partial charge in [-0.2, -0.15) is 0 Å². The quantitative estimate of drug-likeness (QED) is 0.787. The fraction of sp³-hybridized carbons (Fsp3) is 0.333. The Morgan fingerprint density at radius 2 is 1.70 bits per heavy atom. The summed E-state index contributed by atoms with van der Waals surface area (Å²) in [7, 11) is 0. The van der Waals surface area contributed by atoms with Gasteiger partial charge in [0, 0.05) is 6.54 Å². The molecule has 0 heterocycles. The lowest BCUT2D eigenvalue weighted by molar-refractivity contribution is 0.341. The van der Waals surface area contributed by atoms with Gasteiger partial charge < -0.3 is 10.1 Å². The molecule has 0 saturated carbocycles. The van der Waals surface area contributed by atoms with Gasteiger partial charge in [-0.1, -0.05) is 49.4 Å². The van der Waals surface area contributed by atoms with Gasteiger partial charge in [0.15, 0.2) is 0 Å². The van der Waals surface area contributed by atoms with E-state index in [2.05, 4.69) is 48.6 Å². The van der Waals surface area contributed by atoms with E-state index in [0.29, 0.717) is 12.5 Å². The molecule has 0 aliphatic rings. The molecule has 1 atom stereocenters. The van der Waals surface area contributed by atoms with Gasteiger partial charge in [-0.15, -0.1) is 0 Å². The Balaban J connectivity index is 1.87. The summed E-state index contributed by atoms with van der Waals surface area (Å²) in [6.45, 7) is 5.92. The minimum atomic E-state index is 0.558. The van der Waals surface area contributed by atoms with Gasteiger partial charge in [-0.3, -0.25) is 0 Å². The number of para-hydroxylation sites is 2. The summed E-state index contributed by atoms with van der Waals surface area (Å²) < 4.78 is 5.62. The van der Waals surface area contributed by atoms with Gasteiger partial charge >= 0.3 is 0 Å². The van der Waals surface area contributed by atoms with Gasteiger partial charge in [0.2, 0.25) is 0 Å². The first-order valence-electron chi connectivity index (χ1n) is 7.32. The fourth-order valence-electron chi connectivity index (χ4n) is 2.27. The molecular formula is C18H23NO. The number of benzene rings is 2. The van der Waals surface area contributed by atoms with Gasteiger partial charge in [0.1, 0.15) is 5.75 Å². The van der Waals surface area contributed by atoms with Crippen LogP contribution in [0.2, 0.25) is 0 Å². The molecule has 106 valence electrons. The van der Waals surface area contributed by atoms with Crippen LogP contribution in [0.5, 0.6) is 5.75 Å². The van der Waals surface area contributed by atoms with E-state index in [1.54, 1.807) is 0 Å². The minimum Gasteiger partial charge on any atom is -0.492 e. The van der Waals surface area contributed by atoms with E-state index < -0.39 is 0 Å². The van der Waals surface area contributed by atoms with Crippen molar-refractivity contribution in [2.24, 2.45) is 0 Å². The van der Waals surface area contributed by atoms with Crippen LogP contribution in [0.15, 0.2) is 54.6 Å².